The molecule has 0 aliphatic rings. The highest BCUT2D eigenvalue weighted by Crippen LogP contribution is 2.22. The molecule has 1 aromatic carbocycles. The number of nitrogen functional groups attached to an aromatic ring is 1. The number of hydrogen-bond donors (Lipinski definition) is 1. The summed E-state index contributed by atoms with van der Waals surface area (Å²) in [5, 5.41) is 0.971. The van der Waals surface area contributed by atoms with Crippen LogP contribution in [0.5, 0.6) is 0 Å². The van der Waals surface area contributed by atoms with Crippen molar-refractivity contribution in [2.75, 3.05) is 5.73 Å². The molecule has 0 aliphatic heterocycles. The average molecular weight is 448 g/mol. The van der Waals surface area contributed by atoms with Crippen molar-refractivity contribution < 1.29 is 4.42 Å². The fourth-order valence-corrected chi connectivity index (χ4v) is 3.82. The molecule has 3 heteroatoms. The molecule has 0 saturated carbocycles. The van der Waals surface area contributed by atoms with E-state index in [0.717, 1.165) is 61.5 Å². The van der Waals surface area contributed by atoms with Crippen LogP contribution in [-0.2, 0) is 6.42 Å². The Morgan fingerprint density at radius 3 is 2.00 bits per heavy atom. The van der Waals surface area contributed by atoms with Crippen molar-refractivity contribution in [1.82, 2.24) is 0 Å². The second kappa shape index (κ2) is 15.9. The molecule has 0 spiro atoms. The smallest absolute Gasteiger partial charge is 0.339 e. The Morgan fingerprint density at radius 2 is 1.39 bits per heavy atom. The van der Waals surface area contributed by atoms with Crippen molar-refractivity contribution in [1.29, 1.82) is 0 Å². The van der Waals surface area contributed by atoms with E-state index in [1.54, 1.807) is 6.07 Å². The predicted octanol–water partition coefficient (Wildman–Crippen LogP) is 8.37. The molecule has 0 saturated heterocycles. The maximum absolute atomic E-state index is 12.3. The van der Waals surface area contributed by atoms with Gasteiger partial charge in [0.25, 0.3) is 0 Å². The van der Waals surface area contributed by atoms with Crippen molar-refractivity contribution in [3.8, 4) is 0 Å². The molecule has 2 N–H and O–H groups in total. The molecular formula is C30H41NO2. The lowest BCUT2D eigenvalue weighted by Crippen LogP contribution is -2.10. The summed E-state index contributed by atoms with van der Waals surface area (Å²) in [4.78, 5) is 12.3. The summed E-state index contributed by atoms with van der Waals surface area (Å²) < 4.78 is 5.48. The van der Waals surface area contributed by atoms with Gasteiger partial charge in [-0.3, -0.25) is 0 Å². The van der Waals surface area contributed by atoms with Crippen LogP contribution in [0.25, 0.3) is 11.0 Å². The zero-order chi connectivity index (χ0) is 23.7. The number of nitrogens with two attached hydrogens (primary N) is 1. The lowest BCUT2D eigenvalue weighted by molar-refractivity contribution is 0.545. The van der Waals surface area contributed by atoms with Gasteiger partial charge in [-0.1, -0.05) is 68.4 Å². The van der Waals surface area contributed by atoms with Gasteiger partial charge in [0.05, 0.1) is 0 Å². The predicted molar refractivity (Wildman–Crippen MR) is 144 cm³/mol. The van der Waals surface area contributed by atoms with E-state index in [-0.39, 0.29) is 5.63 Å². The maximum atomic E-state index is 12.3. The molecule has 1 heterocycles. The van der Waals surface area contributed by atoms with Crippen molar-refractivity contribution in [3.05, 3.63) is 88.4 Å². The fourth-order valence-electron chi connectivity index (χ4n) is 3.82. The normalized spacial score (nSPS) is 12.4. The van der Waals surface area contributed by atoms with E-state index in [4.69, 9.17) is 10.2 Å². The van der Waals surface area contributed by atoms with Crippen molar-refractivity contribution in [3.63, 3.8) is 0 Å². The van der Waals surface area contributed by atoms with Gasteiger partial charge in [-0.05, 0) is 82.4 Å². The van der Waals surface area contributed by atoms with E-state index >= 15 is 0 Å². The summed E-state index contributed by atoms with van der Waals surface area (Å²) in [6.45, 7) is 4.24. The van der Waals surface area contributed by atoms with E-state index in [1.807, 2.05) is 19.1 Å². The van der Waals surface area contributed by atoms with Gasteiger partial charge in [0.2, 0.25) is 0 Å². The van der Waals surface area contributed by atoms with Gasteiger partial charge in [0, 0.05) is 22.7 Å². The summed E-state index contributed by atoms with van der Waals surface area (Å²) in [5.41, 5.74) is 8.55. The topological polar surface area (TPSA) is 56.2 Å². The third kappa shape index (κ3) is 10.1. The zero-order valence-electron chi connectivity index (χ0n) is 20.5. The van der Waals surface area contributed by atoms with Gasteiger partial charge in [0.1, 0.15) is 5.58 Å². The Balaban J connectivity index is 1.58. The van der Waals surface area contributed by atoms with Gasteiger partial charge < -0.3 is 10.2 Å². The van der Waals surface area contributed by atoms with E-state index in [0.29, 0.717) is 11.3 Å². The molecular weight excluding hydrogens is 406 g/mol. The molecule has 0 amide bonds. The highest BCUT2D eigenvalue weighted by atomic mass is 16.4. The summed E-state index contributed by atoms with van der Waals surface area (Å²) in [7, 11) is 0. The number of hydrogen-bond acceptors (Lipinski definition) is 3. The van der Waals surface area contributed by atoms with Crippen LogP contribution in [0.4, 0.5) is 5.69 Å². The number of allylic oxidation sites excluding steroid dienone is 8. The lowest BCUT2D eigenvalue weighted by Gasteiger charge is -2.07. The Bertz CT molecular complexity index is 1010. The first-order chi connectivity index (χ1) is 16.1. The molecule has 0 radical (unpaired) electrons. The van der Waals surface area contributed by atoms with Crippen LogP contribution in [0.2, 0.25) is 0 Å². The molecule has 0 atom stereocenters. The monoisotopic (exact) mass is 447 g/mol. The van der Waals surface area contributed by atoms with Crippen LogP contribution in [0.15, 0.2) is 76.0 Å². The molecule has 0 bridgehead atoms. The number of aryl methyl sites for hydroxylation is 1. The van der Waals surface area contributed by atoms with Gasteiger partial charge in [-0.2, -0.15) is 0 Å². The van der Waals surface area contributed by atoms with Crippen LogP contribution >= 0.6 is 0 Å². The minimum Gasteiger partial charge on any atom is -0.422 e. The standard InChI is InChI=1S/C30H41NO2/c1-3-4-5-6-7-8-9-10-11-12-13-14-15-16-17-18-19-20-21-28-25(2)27-23-22-26(31)24-29(27)33-30(28)32/h7-8,10-11,13-14,16-17,22-24H,3-6,9,12,15,18-21,31H2,1-2H3/b8-7-,11-10-,14-13-,17-16-. The van der Waals surface area contributed by atoms with Crippen LogP contribution in [0.1, 0.15) is 82.3 Å². The number of rotatable bonds is 15. The highest BCUT2D eigenvalue weighted by Gasteiger charge is 2.11. The van der Waals surface area contributed by atoms with Gasteiger partial charge in [0.15, 0.2) is 0 Å². The van der Waals surface area contributed by atoms with Crippen molar-refractivity contribution >= 4 is 16.7 Å². The second-order valence-electron chi connectivity index (χ2n) is 8.58. The van der Waals surface area contributed by atoms with Crippen LogP contribution in [0.3, 0.4) is 0 Å². The highest BCUT2D eigenvalue weighted by molar-refractivity contribution is 5.83. The van der Waals surface area contributed by atoms with Gasteiger partial charge in [-0.15, -0.1) is 0 Å². The van der Waals surface area contributed by atoms with Crippen molar-refractivity contribution in [2.45, 2.75) is 84.5 Å². The third-order valence-electron chi connectivity index (χ3n) is 5.82. The molecule has 2 aromatic rings. The van der Waals surface area contributed by atoms with Crippen LogP contribution in [-0.4, -0.2) is 0 Å². The molecule has 0 unspecified atom stereocenters. The molecule has 3 nitrogen and oxygen atoms in total. The minimum absolute atomic E-state index is 0.233. The molecule has 0 aliphatic carbocycles. The van der Waals surface area contributed by atoms with Crippen LogP contribution < -0.4 is 11.4 Å². The maximum Gasteiger partial charge on any atom is 0.339 e. The molecule has 33 heavy (non-hydrogen) atoms. The summed E-state index contributed by atoms with van der Waals surface area (Å²) in [5.74, 6) is 0. The quantitative estimate of drug-likeness (QED) is 0.129. The van der Waals surface area contributed by atoms with Gasteiger partial charge >= 0.3 is 5.63 Å². The number of fused-ring (bicyclic) bond motifs is 1. The van der Waals surface area contributed by atoms with E-state index in [9.17, 15) is 4.79 Å². The first kappa shape index (κ1) is 26.4. The molecule has 1 aromatic heterocycles. The molecule has 178 valence electrons. The first-order valence-corrected chi connectivity index (χ1v) is 12.5. The summed E-state index contributed by atoms with van der Waals surface area (Å²) in [6, 6.07) is 5.50. The Morgan fingerprint density at radius 1 is 0.818 bits per heavy atom. The minimum atomic E-state index is -0.233. The Labute approximate surface area is 199 Å². The van der Waals surface area contributed by atoms with E-state index in [2.05, 4.69) is 55.5 Å². The second-order valence-corrected chi connectivity index (χ2v) is 8.58. The molecule has 0 fully saturated rings. The number of benzene rings is 1. The summed E-state index contributed by atoms with van der Waals surface area (Å²) >= 11 is 0. The SMILES string of the molecule is CCCCC/C=C\C/C=C\C/C=C\C/C=C\CCCCc1c(C)c2ccc(N)cc2oc1=O. The largest absolute Gasteiger partial charge is 0.422 e. The van der Waals surface area contributed by atoms with Crippen molar-refractivity contribution in [2.24, 2.45) is 0 Å². The average Bonchev–Trinajstić information content (AvgIpc) is 2.79. The Kier molecular flexibility index (Phi) is 12.7. The Hall–Kier alpha value is -2.81. The van der Waals surface area contributed by atoms with Gasteiger partial charge in [-0.25, -0.2) is 4.79 Å². The van der Waals surface area contributed by atoms with E-state index < -0.39 is 0 Å². The number of unbranched alkanes of at least 4 members (excludes halogenated alkanes) is 5. The first-order valence-electron chi connectivity index (χ1n) is 12.5. The van der Waals surface area contributed by atoms with Crippen LogP contribution in [0, 0.1) is 6.92 Å². The summed E-state index contributed by atoms with van der Waals surface area (Å²) in [6.07, 6.45) is 29.9. The zero-order valence-corrected chi connectivity index (χ0v) is 20.5. The van der Waals surface area contributed by atoms with E-state index in [1.165, 1.54) is 25.7 Å². The fraction of sp³-hybridized carbons (Fsp3) is 0.433. The number of anilines is 1. The third-order valence-corrected chi connectivity index (χ3v) is 5.82. The molecule has 2 rings (SSSR count). The lowest BCUT2D eigenvalue weighted by atomic mass is 10.0.